The molecular weight excluding hydrogens is 300 g/mol. The molecule has 0 saturated carbocycles. The molecule has 0 spiro atoms. The number of carbonyl (C=O) groups excluding carboxylic acids is 2. The molecule has 23 heavy (non-hydrogen) atoms. The molecule has 0 aliphatic carbocycles. The van der Waals surface area contributed by atoms with Crippen LogP contribution in [0, 0.1) is 0 Å². The van der Waals surface area contributed by atoms with Crippen molar-refractivity contribution in [3.8, 4) is 0 Å². The number of esters is 1. The van der Waals surface area contributed by atoms with E-state index in [1.165, 1.54) is 25.1 Å². The highest BCUT2D eigenvalue weighted by Crippen LogP contribution is 2.26. The fraction of sp³-hybridized carbons (Fsp3) is 0.467. The van der Waals surface area contributed by atoms with E-state index < -0.39 is 17.7 Å². The Bertz CT molecular complexity index is 645. The van der Waals surface area contributed by atoms with Crippen molar-refractivity contribution in [2.24, 2.45) is 5.11 Å². The number of hydrogen-bond donors (Lipinski definition) is 0. The summed E-state index contributed by atoms with van der Waals surface area (Å²) in [5, 5.41) is 3.53. The third-order valence-corrected chi connectivity index (χ3v) is 2.75. The zero-order valence-corrected chi connectivity index (χ0v) is 13.9. The molecule has 124 valence electrons. The van der Waals surface area contributed by atoms with Gasteiger partial charge in [0.1, 0.15) is 5.60 Å². The summed E-state index contributed by atoms with van der Waals surface area (Å²) in [7, 11) is 2.82. The maximum absolute atomic E-state index is 12.1. The molecule has 0 radical (unpaired) electrons. The zero-order valence-electron chi connectivity index (χ0n) is 13.9. The van der Waals surface area contributed by atoms with Crippen molar-refractivity contribution in [3.05, 3.63) is 34.2 Å². The van der Waals surface area contributed by atoms with E-state index in [0.717, 1.165) is 0 Å². The predicted octanol–water partition coefficient (Wildman–Crippen LogP) is 3.72. The van der Waals surface area contributed by atoms with Gasteiger partial charge in [0.2, 0.25) is 0 Å². The lowest BCUT2D eigenvalue weighted by molar-refractivity contribution is -0.139. The summed E-state index contributed by atoms with van der Waals surface area (Å²) in [4.78, 5) is 27.6. The van der Waals surface area contributed by atoms with Crippen LogP contribution in [0.5, 0.6) is 0 Å². The van der Waals surface area contributed by atoms with Crippen molar-refractivity contribution < 1.29 is 19.1 Å². The van der Waals surface area contributed by atoms with Gasteiger partial charge in [-0.1, -0.05) is 5.11 Å². The Morgan fingerprint density at radius 3 is 2.48 bits per heavy atom. The van der Waals surface area contributed by atoms with E-state index >= 15 is 0 Å². The highest BCUT2D eigenvalue weighted by Gasteiger charge is 2.21. The van der Waals surface area contributed by atoms with Crippen LogP contribution in [0.25, 0.3) is 10.4 Å². The Kier molecular flexibility index (Phi) is 5.98. The van der Waals surface area contributed by atoms with E-state index in [0.29, 0.717) is 16.9 Å². The molecule has 1 amide bonds. The molecule has 8 heteroatoms. The van der Waals surface area contributed by atoms with Gasteiger partial charge in [0.15, 0.2) is 0 Å². The van der Waals surface area contributed by atoms with Gasteiger partial charge in [-0.25, -0.2) is 4.79 Å². The molecule has 1 aromatic carbocycles. The van der Waals surface area contributed by atoms with Crippen molar-refractivity contribution in [1.29, 1.82) is 0 Å². The molecule has 0 aliphatic heterocycles. The van der Waals surface area contributed by atoms with Crippen LogP contribution in [-0.2, 0) is 20.7 Å². The summed E-state index contributed by atoms with van der Waals surface area (Å²) in [6.07, 6.45) is -0.555. The van der Waals surface area contributed by atoms with E-state index in [-0.39, 0.29) is 6.42 Å². The summed E-state index contributed by atoms with van der Waals surface area (Å²) in [5.74, 6) is -0.436. The molecule has 1 aromatic rings. The summed E-state index contributed by atoms with van der Waals surface area (Å²) in [6.45, 7) is 5.29. The van der Waals surface area contributed by atoms with Crippen LogP contribution in [0.3, 0.4) is 0 Å². The van der Waals surface area contributed by atoms with E-state index in [1.807, 2.05) is 0 Å². The molecule has 0 atom stereocenters. The van der Waals surface area contributed by atoms with Crippen molar-refractivity contribution >= 4 is 23.4 Å². The van der Waals surface area contributed by atoms with Crippen molar-refractivity contribution in [3.63, 3.8) is 0 Å². The molecule has 0 N–H and O–H groups in total. The number of methoxy groups -OCH3 is 1. The first-order valence-electron chi connectivity index (χ1n) is 6.89. The average molecular weight is 320 g/mol. The monoisotopic (exact) mass is 320 g/mol. The second-order valence-electron chi connectivity index (χ2n) is 5.84. The molecule has 0 aliphatic rings. The smallest absolute Gasteiger partial charge is 0.414 e. The lowest BCUT2D eigenvalue weighted by atomic mass is 10.1. The fourth-order valence-electron chi connectivity index (χ4n) is 1.74. The van der Waals surface area contributed by atoms with Gasteiger partial charge >= 0.3 is 12.1 Å². The Morgan fingerprint density at radius 2 is 1.96 bits per heavy atom. The first kappa shape index (κ1) is 18.3. The maximum atomic E-state index is 12.1. The third-order valence-electron chi connectivity index (χ3n) is 2.75. The van der Waals surface area contributed by atoms with Gasteiger partial charge < -0.3 is 9.47 Å². The van der Waals surface area contributed by atoms with Crippen LogP contribution in [0.4, 0.5) is 16.2 Å². The van der Waals surface area contributed by atoms with E-state index in [1.54, 1.807) is 32.9 Å². The quantitative estimate of drug-likeness (QED) is 0.365. The third kappa shape index (κ3) is 5.88. The van der Waals surface area contributed by atoms with Gasteiger partial charge in [0, 0.05) is 23.3 Å². The lowest BCUT2D eigenvalue weighted by Crippen LogP contribution is -2.34. The minimum Gasteiger partial charge on any atom is -0.469 e. The first-order chi connectivity index (χ1) is 10.7. The van der Waals surface area contributed by atoms with Crippen molar-refractivity contribution in [2.45, 2.75) is 32.8 Å². The Labute approximate surface area is 134 Å². The SMILES string of the molecule is COC(=O)Cc1cc(N=[N+]=[N-])cc(N(C)C(=O)OC(C)(C)C)c1. The lowest BCUT2D eigenvalue weighted by Gasteiger charge is -2.25. The Hall–Kier alpha value is -2.73. The number of hydrogen-bond acceptors (Lipinski definition) is 5. The van der Waals surface area contributed by atoms with Crippen LogP contribution >= 0.6 is 0 Å². The summed E-state index contributed by atoms with van der Waals surface area (Å²) in [6, 6.07) is 4.73. The van der Waals surface area contributed by atoms with E-state index in [9.17, 15) is 9.59 Å². The summed E-state index contributed by atoms with van der Waals surface area (Å²) in [5.41, 5.74) is 9.26. The molecule has 1 rings (SSSR count). The number of anilines is 1. The number of ether oxygens (including phenoxy) is 2. The van der Waals surface area contributed by atoms with Crippen LogP contribution in [-0.4, -0.2) is 31.8 Å². The van der Waals surface area contributed by atoms with Crippen LogP contribution in [0.1, 0.15) is 26.3 Å². The van der Waals surface area contributed by atoms with Crippen LogP contribution < -0.4 is 4.90 Å². The number of azide groups is 1. The average Bonchev–Trinajstić information content (AvgIpc) is 2.44. The second kappa shape index (κ2) is 7.51. The molecule has 8 nitrogen and oxygen atoms in total. The highest BCUT2D eigenvalue weighted by molar-refractivity contribution is 5.88. The van der Waals surface area contributed by atoms with Crippen LogP contribution in [0.15, 0.2) is 23.3 Å². The predicted molar refractivity (Wildman–Crippen MR) is 85.6 cm³/mol. The van der Waals surface area contributed by atoms with Gasteiger partial charge in [-0.2, -0.15) is 0 Å². The zero-order chi connectivity index (χ0) is 17.6. The van der Waals surface area contributed by atoms with Gasteiger partial charge in [0.25, 0.3) is 0 Å². The number of amides is 1. The van der Waals surface area contributed by atoms with Crippen molar-refractivity contribution in [2.75, 3.05) is 19.1 Å². The van der Waals surface area contributed by atoms with Gasteiger partial charge in [-0.3, -0.25) is 9.69 Å². The number of benzene rings is 1. The van der Waals surface area contributed by atoms with Crippen LogP contribution in [0.2, 0.25) is 0 Å². The van der Waals surface area contributed by atoms with Gasteiger partial charge in [-0.15, -0.1) is 0 Å². The molecule has 0 heterocycles. The Morgan fingerprint density at radius 1 is 1.30 bits per heavy atom. The molecule has 0 fully saturated rings. The molecule has 0 unspecified atom stereocenters. The largest absolute Gasteiger partial charge is 0.469 e. The number of rotatable bonds is 4. The minimum atomic E-state index is -0.636. The second-order valence-corrected chi connectivity index (χ2v) is 5.84. The first-order valence-corrected chi connectivity index (χ1v) is 6.89. The van der Waals surface area contributed by atoms with Gasteiger partial charge in [0.05, 0.1) is 13.5 Å². The normalized spacial score (nSPS) is 10.5. The standard InChI is InChI=1S/C15H20N4O4/c1-15(2,3)23-14(21)19(4)12-7-10(8-13(20)22-5)6-11(9-12)17-18-16/h6-7,9H,8H2,1-5H3. The molecular formula is C15H20N4O4. The number of nitrogens with zero attached hydrogens (tertiary/aromatic N) is 4. The topological polar surface area (TPSA) is 105 Å². The maximum Gasteiger partial charge on any atom is 0.414 e. The van der Waals surface area contributed by atoms with E-state index in [2.05, 4.69) is 14.8 Å². The summed E-state index contributed by atoms with van der Waals surface area (Å²) >= 11 is 0. The molecule has 0 saturated heterocycles. The van der Waals surface area contributed by atoms with Crippen molar-refractivity contribution in [1.82, 2.24) is 0 Å². The van der Waals surface area contributed by atoms with E-state index in [4.69, 9.17) is 10.3 Å². The Balaban J connectivity index is 3.15. The number of carbonyl (C=O) groups is 2. The summed E-state index contributed by atoms with van der Waals surface area (Å²) < 4.78 is 9.91. The van der Waals surface area contributed by atoms with Gasteiger partial charge in [-0.05, 0) is 50.1 Å². The highest BCUT2D eigenvalue weighted by atomic mass is 16.6. The molecule has 0 bridgehead atoms. The molecule has 0 aromatic heterocycles. The fourth-order valence-corrected chi connectivity index (χ4v) is 1.74. The minimum absolute atomic E-state index is 0.000443.